The Morgan fingerprint density at radius 2 is 1.94 bits per heavy atom. The smallest absolute Gasteiger partial charge is 0.335 e. The topological polar surface area (TPSA) is 48.0 Å². The van der Waals surface area contributed by atoms with Crippen LogP contribution < -0.4 is 4.74 Å². The lowest BCUT2D eigenvalue weighted by molar-refractivity contribution is -0.156. The average molecular weight is 458 g/mol. The van der Waals surface area contributed by atoms with Gasteiger partial charge in [-0.05, 0) is 61.2 Å². The van der Waals surface area contributed by atoms with Crippen LogP contribution in [0.25, 0.3) is 5.57 Å². The first-order valence-electron chi connectivity index (χ1n) is 11.3. The molecular formula is C26H32ClNO4. The minimum atomic E-state index is -0.573. The molecule has 6 heteroatoms. The van der Waals surface area contributed by atoms with Gasteiger partial charge in [0.05, 0.1) is 6.61 Å². The molecule has 1 aliphatic heterocycles. The van der Waals surface area contributed by atoms with Crippen LogP contribution >= 0.6 is 11.6 Å². The maximum atomic E-state index is 12.0. The van der Waals surface area contributed by atoms with Crippen LogP contribution in [0.4, 0.5) is 0 Å². The normalized spacial score (nSPS) is 15.2. The van der Waals surface area contributed by atoms with Crippen LogP contribution in [-0.4, -0.2) is 56.4 Å². The van der Waals surface area contributed by atoms with Crippen molar-refractivity contribution in [1.29, 1.82) is 0 Å². The predicted molar refractivity (Wildman–Crippen MR) is 128 cm³/mol. The number of nitrogens with zero attached hydrogens (tertiary/aromatic N) is 1. The highest BCUT2D eigenvalue weighted by molar-refractivity contribution is 6.30. The van der Waals surface area contributed by atoms with Crippen molar-refractivity contribution in [1.82, 2.24) is 4.90 Å². The Morgan fingerprint density at radius 3 is 2.59 bits per heavy atom. The van der Waals surface area contributed by atoms with E-state index in [2.05, 4.69) is 17.0 Å². The summed E-state index contributed by atoms with van der Waals surface area (Å²) in [5.74, 6) is 0.508. The number of carbonyl (C=O) groups excluding carboxylic acids is 1. The van der Waals surface area contributed by atoms with E-state index in [1.54, 1.807) is 6.92 Å². The van der Waals surface area contributed by atoms with E-state index in [0.717, 1.165) is 42.4 Å². The number of ether oxygens (including phenoxy) is 3. The summed E-state index contributed by atoms with van der Waals surface area (Å²) in [6.45, 7) is 7.91. The second-order valence-electron chi connectivity index (χ2n) is 7.68. The highest BCUT2D eigenvalue weighted by Gasteiger charge is 2.20. The van der Waals surface area contributed by atoms with Crippen molar-refractivity contribution in [3.8, 4) is 5.75 Å². The van der Waals surface area contributed by atoms with E-state index in [0.29, 0.717) is 26.2 Å². The highest BCUT2D eigenvalue weighted by atomic mass is 35.5. The molecule has 0 radical (unpaired) electrons. The summed E-state index contributed by atoms with van der Waals surface area (Å²) >= 11 is 6.11. The maximum Gasteiger partial charge on any atom is 0.335 e. The molecule has 0 N–H and O–H groups in total. The lowest BCUT2D eigenvalue weighted by Gasteiger charge is -2.26. The molecule has 0 aromatic heterocycles. The Kier molecular flexibility index (Phi) is 9.60. The molecular weight excluding hydrogens is 426 g/mol. The van der Waals surface area contributed by atoms with Crippen LogP contribution in [0.2, 0.25) is 5.02 Å². The third-order valence-corrected chi connectivity index (χ3v) is 5.66. The SMILES string of the molecule is CCOC(=O)C(Cc1ccc(OCCN2CC=C(c3cccc(Cl)c3)CC2)cc1)OCC. The zero-order chi connectivity index (χ0) is 22.8. The van der Waals surface area contributed by atoms with E-state index in [9.17, 15) is 4.79 Å². The number of carbonyl (C=O) groups is 1. The van der Waals surface area contributed by atoms with Crippen LogP contribution in [0.15, 0.2) is 54.6 Å². The standard InChI is InChI=1S/C26H32ClNO4/c1-3-30-25(26(29)31-4-2)18-20-8-10-24(11-9-20)32-17-16-28-14-12-21(13-15-28)22-6-5-7-23(27)19-22/h5-12,19,25H,3-4,13-18H2,1-2H3. The Morgan fingerprint density at radius 1 is 1.12 bits per heavy atom. The first-order chi connectivity index (χ1) is 15.6. The molecule has 0 saturated carbocycles. The summed E-state index contributed by atoms with van der Waals surface area (Å²) in [4.78, 5) is 14.4. The molecule has 32 heavy (non-hydrogen) atoms. The second-order valence-corrected chi connectivity index (χ2v) is 8.12. The van der Waals surface area contributed by atoms with E-state index in [1.807, 2.05) is 49.4 Å². The van der Waals surface area contributed by atoms with Crippen LogP contribution in [0.1, 0.15) is 31.4 Å². The molecule has 1 atom stereocenters. The quantitative estimate of drug-likeness (QED) is 0.443. The van der Waals surface area contributed by atoms with Crippen molar-refractivity contribution in [2.24, 2.45) is 0 Å². The number of rotatable bonds is 11. The minimum absolute atomic E-state index is 0.316. The molecule has 0 saturated heterocycles. The third-order valence-electron chi connectivity index (χ3n) is 5.43. The lowest BCUT2D eigenvalue weighted by atomic mass is 10.00. The molecule has 3 rings (SSSR count). The van der Waals surface area contributed by atoms with Gasteiger partial charge in [0.1, 0.15) is 12.4 Å². The molecule has 2 aromatic carbocycles. The molecule has 1 aliphatic rings. The van der Waals surface area contributed by atoms with Gasteiger partial charge in [-0.1, -0.05) is 41.9 Å². The summed E-state index contributed by atoms with van der Waals surface area (Å²) < 4.78 is 16.6. The van der Waals surface area contributed by atoms with Crippen LogP contribution in [-0.2, 0) is 20.7 Å². The molecule has 2 aromatic rings. The second kappa shape index (κ2) is 12.6. The first-order valence-corrected chi connectivity index (χ1v) is 11.6. The molecule has 0 amide bonds. The molecule has 172 valence electrons. The first kappa shape index (κ1) is 24.3. The lowest BCUT2D eigenvalue weighted by Crippen LogP contribution is -2.32. The van der Waals surface area contributed by atoms with E-state index in [4.69, 9.17) is 25.8 Å². The van der Waals surface area contributed by atoms with Gasteiger partial charge in [-0.2, -0.15) is 0 Å². The van der Waals surface area contributed by atoms with Gasteiger partial charge in [0, 0.05) is 37.7 Å². The number of esters is 1. The van der Waals surface area contributed by atoms with Gasteiger partial charge in [0.2, 0.25) is 0 Å². The van der Waals surface area contributed by atoms with E-state index < -0.39 is 6.10 Å². The monoisotopic (exact) mass is 457 g/mol. The van der Waals surface area contributed by atoms with Crippen LogP contribution in [0, 0.1) is 0 Å². The largest absolute Gasteiger partial charge is 0.492 e. The summed E-state index contributed by atoms with van der Waals surface area (Å²) in [5, 5.41) is 0.777. The van der Waals surface area contributed by atoms with E-state index in [-0.39, 0.29) is 5.97 Å². The van der Waals surface area contributed by atoms with Crippen molar-refractivity contribution in [2.45, 2.75) is 32.8 Å². The fourth-order valence-electron chi connectivity index (χ4n) is 3.74. The average Bonchev–Trinajstić information content (AvgIpc) is 2.80. The van der Waals surface area contributed by atoms with Crippen molar-refractivity contribution in [3.63, 3.8) is 0 Å². The summed E-state index contributed by atoms with van der Waals surface area (Å²) in [5.41, 5.74) is 3.58. The Balaban J connectivity index is 1.43. The maximum absolute atomic E-state index is 12.0. The van der Waals surface area contributed by atoms with Crippen molar-refractivity contribution in [2.75, 3.05) is 39.5 Å². The van der Waals surface area contributed by atoms with Gasteiger partial charge >= 0.3 is 5.97 Å². The number of hydrogen-bond acceptors (Lipinski definition) is 5. The number of halogens is 1. The Hall–Kier alpha value is -2.34. The Labute approximate surface area is 195 Å². The highest BCUT2D eigenvalue weighted by Crippen LogP contribution is 2.24. The third kappa shape index (κ3) is 7.37. The number of benzene rings is 2. The zero-order valence-electron chi connectivity index (χ0n) is 18.9. The van der Waals surface area contributed by atoms with Gasteiger partial charge in [-0.3, -0.25) is 4.90 Å². The van der Waals surface area contributed by atoms with E-state index >= 15 is 0 Å². The van der Waals surface area contributed by atoms with Gasteiger partial charge in [-0.15, -0.1) is 0 Å². The zero-order valence-corrected chi connectivity index (χ0v) is 19.6. The molecule has 5 nitrogen and oxygen atoms in total. The van der Waals surface area contributed by atoms with Gasteiger partial charge in [-0.25, -0.2) is 4.79 Å². The molecule has 0 aliphatic carbocycles. The van der Waals surface area contributed by atoms with Crippen molar-refractivity contribution >= 4 is 23.1 Å². The van der Waals surface area contributed by atoms with Gasteiger partial charge in [0.15, 0.2) is 6.10 Å². The molecule has 0 spiro atoms. The summed E-state index contributed by atoms with van der Waals surface area (Å²) in [6, 6.07) is 15.9. The molecule has 1 heterocycles. The molecule has 0 fully saturated rings. The van der Waals surface area contributed by atoms with Crippen LogP contribution in [0.3, 0.4) is 0 Å². The summed E-state index contributed by atoms with van der Waals surface area (Å²) in [7, 11) is 0. The van der Waals surface area contributed by atoms with Crippen LogP contribution in [0.5, 0.6) is 5.75 Å². The predicted octanol–water partition coefficient (Wildman–Crippen LogP) is 5.02. The van der Waals surface area contributed by atoms with Crippen molar-refractivity contribution < 1.29 is 19.0 Å². The molecule has 1 unspecified atom stereocenters. The van der Waals surface area contributed by atoms with Gasteiger partial charge in [0.25, 0.3) is 0 Å². The van der Waals surface area contributed by atoms with E-state index in [1.165, 1.54) is 11.1 Å². The fourth-order valence-corrected chi connectivity index (χ4v) is 3.93. The minimum Gasteiger partial charge on any atom is -0.492 e. The van der Waals surface area contributed by atoms with Gasteiger partial charge < -0.3 is 14.2 Å². The van der Waals surface area contributed by atoms with Crippen molar-refractivity contribution in [3.05, 3.63) is 70.8 Å². The Bertz CT molecular complexity index is 897. The fraction of sp³-hybridized carbons (Fsp3) is 0.423. The number of hydrogen-bond donors (Lipinski definition) is 0. The molecule has 0 bridgehead atoms. The summed E-state index contributed by atoms with van der Waals surface area (Å²) in [6.07, 6.45) is 3.21.